The molecule has 0 saturated heterocycles. The minimum atomic E-state index is -1.52. The molecule has 0 aliphatic heterocycles. The molecule has 0 aliphatic carbocycles. The maximum atomic E-state index is 14.0. The van der Waals surface area contributed by atoms with Crippen LogP contribution in [-0.4, -0.2) is 37.6 Å². The first-order valence-corrected chi connectivity index (χ1v) is 11.2. The summed E-state index contributed by atoms with van der Waals surface area (Å²) in [7, 11) is 1.69. The van der Waals surface area contributed by atoms with Crippen LogP contribution in [0.5, 0.6) is 5.75 Å². The van der Waals surface area contributed by atoms with Gasteiger partial charge in [0.2, 0.25) is 0 Å². The van der Waals surface area contributed by atoms with Crippen molar-refractivity contribution in [3.63, 3.8) is 0 Å². The third-order valence-electron chi connectivity index (χ3n) is 5.77. The van der Waals surface area contributed by atoms with Gasteiger partial charge < -0.3 is 14.8 Å². The number of esters is 1. The Labute approximate surface area is 205 Å². The number of aromatic nitrogens is 4. The molecule has 0 spiro atoms. The van der Waals surface area contributed by atoms with Crippen LogP contribution in [0.15, 0.2) is 48.9 Å². The Morgan fingerprint density at radius 3 is 2.53 bits per heavy atom. The smallest absolute Gasteiger partial charge is 0.336 e. The summed E-state index contributed by atoms with van der Waals surface area (Å²) in [6.45, 7) is 4.60. The van der Waals surface area contributed by atoms with E-state index in [4.69, 9.17) is 9.47 Å². The topological polar surface area (TPSA) is 99.8 Å². The fraction of sp³-hybridized carbons (Fsp3) is 0.280. The number of aryl methyl sites for hydroxylation is 2. The molecule has 36 heavy (non-hydrogen) atoms. The molecule has 0 bridgehead atoms. The van der Waals surface area contributed by atoms with Crippen LogP contribution in [0.2, 0.25) is 0 Å². The van der Waals surface area contributed by atoms with Crippen molar-refractivity contribution < 1.29 is 27.8 Å². The van der Waals surface area contributed by atoms with E-state index >= 15 is 0 Å². The molecule has 1 N–H and O–H groups in total. The number of pyridine rings is 1. The second kappa shape index (κ2) is 9.76. The number of carbonyl (C=O) groups excluding carboxylic acids is 2. The van der Waals surface area contributed by atoms with E-state index in [9.17, 15) is 18.4 Å². The highest BCUT2D eigenvalue weighted by Crippen LogP contribution is 2.27. The van der Waals surface area contributed by atoms with Gasteiger partial charge in [0.05, 0.1) is 24.1 Å². The zero-order valence-electron chi connectivity index (χ0n) is 20.2. The van der Waals surface area contributed by atoms with Crippen molar-refractivity contribution in [3.05, 3.63) is 83.1 Å². The molecule has 3 aromatic heterocycles. The first kappa shape index (κ1) is 24.8. The normalized spacial score (nSPS) is 12.8. The fourth-order valence-corrected chi connectivity index (χ4v) is 3.84. The lowest BCUT2D eigenvalue weighted by molar-refractivity contribution is -0.150. The Morgan fingerprint density at radius 1 is 1.17 bits per heavy atom. The number of rotatable bonds is 8. The van der Waals surface area contributed by atoms with Gasteiger partial charge in [-0.25, -0.2) is 18.6 Å². The largest absolute Gasteiger partial charge is 0.485 e. The number of hydrogen-bond donors (Lipinski definition) is 1. The lowest BCUT2D eigenvalue weighted by Gasteiger charge is -2.27. The summed E-state index contributed by atoms with van der Waals surface area (Å²) in [6, 6.07) is 6.76. The molecule has 0 aliphatic rings. The monoisotopic (exact) mass is 497 g/mol. The predicted molar refractivity (Wildman–Crippen MR) is 125 cm³/mol. The highest BCUT2D eigenvalue weighted by Gasteiger charge is 2.40. The van der Waals surface area contributed by atoms with E-state index in [-0.39, 0.29) is 35.9 Å². The lowest BCUT2D eigenvalue weighted by atomic mass is 9.94. The van der Waals surface area contributed by atoms with Crippen LogP contribution in [-0.2, 0) is 28.7 Å². The molecule has 9 nitrogen and oxygen atoms in total. The summed E-state index contributed by atoms with van der Waals surface area (Å²) < 4.78 is 42.0. The first-order valence-electron chi connectivity index (χ1n) is 11.2. The van der Waals surface area contributed by atoms with Crippen molar-refractivity contribution in [2.75, 3.05) is 6.61 Å². The standard InChI is InChI=1S/C25H25F2N5O4/c1-5-35-24(34)25(3,16-12-28-31(4)13-16)30-23(33)21-15(2)29-22-20(10-7-11-32(21)22)36-14-17-18(26)8-6-9-19(17)27/h6-13H,5,14H2,1-4H3,(H,30,33). The number of benzene rings is 1. The second-order valence-corrected chi connectivity index (χ2v) is 8.30. The number of nitrogens with zero attached hydrogens (tertiary/aromatic N) is 4. The maximum absolute atomic E-state index is 14.0. The summed E-state index contributed by atoms with van der Waals surface area (Å²) >= 11 is 0. The van der Waals surface area contributed by atoms with E-state index in [1.807, 2.05) is 0 Å². The summed E-state index contributed by atoms with van der Waals surface area (Å²) in [5.41, 5.74) is -0.503. The van der Waals surface area contributed by atoms with Crippen molar-refractivity contribution in [1.82, 2.24) is 24.5 Å². The number of imidazole rings is 1. The number of nitrogens with one attached hydrogen (secondary N) is 1. The Kier molecular flexibility index (Phi) is 6.73. The number of amides is 1. The van der Waals surface area contributed by atoms with Crippen molar-refractivity contribution in [1.29, 1.82) is 0 Å². The van der Waals surface area contributed by atoms with Crippen LogP contribution in [0.3, 0.4) is 0 Å². The van der Waals surface area contributed by atoms with E-state index in [1.165, 1.54) is 28.3 Å². The predicted octanol–water partition coefficient (Wildman–Crippen LogP) is 3.44. The first-order chi connectivity index (χ1) is 17.2. The molecule has 1 unspecified atom stereocenters. The summed E-state index contributed by atoms with van der Waals surface area (Å²) in [5.74, 6) is -2.46. The average Bonchev–Trinajstić information content (AvgIpc) is 3.42. The fourth-order valence-electron chi connectivity index (χ4n) is 3.84. The van der Waals surface area contributed by atoms with E-state index in [2.05, 4.69) is 15.4 Å². The van der Waals surface area contributed by atoms with Crippen LogP contribution in [0.4, 0.5) is 8.78 Å². The van der Waals surface area contributed by atoms with Crippen LogP contribution >= 0.6 is 0 Å². The zero-order valence-corrected chi connectivity index (χ0v) is 20.2. The van der Waals surface area contributed by atoms with Crippen LogP contribution in [0.25, 0.3) is 5.65 Å². The average molecular weight is 498 g/mol. The minimum absolute atomic E-state index is 0.127. The number of carbonyl (C=O) groups is 2. The quantitative estimate of drug-likeness (QED) is 0.375. The molecule has 4 rings (SSSR count). The number of ether oxygens (including phenoxy) is 2. The molecule has 0 fully saturated rings. The lowest BCUT2D eigenvalue weighted by Crippen LogP contribution is -2.50. The SMILES string of the molecule is CCOC(=O)C(C)(NC(=O)c1c(C)nc2c(OCc3c(F)cccc3F)cccn12)c1cnn(C)c1. The van der Waals surface area contributed by atoms with Gasteiger partial charge in [0.15, 0.2) is 16.9 Å². The summed E-state index contributed by atoms with van der Waals surface area (Å²) in [6.07, 6.45) is 4.70. The second-order valence-electron chi connectivity index (χ2n) is 8.30. The number of hydrogen-bond acceptors (Lipinski definition) is 6. The Morgan fingerprint density at radius 2 is 1.89 bits per heavy atom. The van der Waals surface area contributed by atoms with E-state index in [0.29, 0.717) is 11.3 Å². The summed E-state index contributed by atoms with van der Waals surface area (Å²) in [5, 5.41) is 6.87. The minimum Gasteiger partial charge on any atom is -0.485 e. The van der Waals surface area contributed by atoms with Crippen molar-refractivity contribution >= 4 is 17.5 Å². The van der Waals surface area contributed by atoms with Gasteiger partial charge in [-0.15, -0.1) is 0 Å². The van der Waals surface area contributed by atoms with Gasteiger partial charge in [0.25, 0.3) is 5.91 Å². The van der Waals surface area contributed by atoms with Crippen molar-refractivity contribution in [3.8, 4) is 5.75 Å². The molecule has 1 amide bonds. The molecule has 0 radical (unpaired) electrons. The molecule has 4 aromatic rings. The van der Waals surface area contributed by atoms with Gasteiger partial charge in [0.1, 0.15) is 23.9 Å². The Hall–Kier alpha value is -4.28. The number of fused-ring (bicyclic) bond motifs is 1. The molecule has 1 atom stereocenters. The Bertz CT molecular complexity index is 1430. The van der Waals surface area contributed by atoms with Crippen LogP contribution < -0.4 is 10.1 Å². The highest BCUT2D eigenvalue weighted by molar-refractivity contribution is 5.99. The molecule has 1 aromatic carbocycles. The van der Waals surface area contributed by atoms with Crippen LogP contribution in [0.1, 0.15) is 41.2 Å². The third kappa shape index (κ3) is 4.51. The molecule has 188 valence electrons. The van der Waals surface area contributed by atoms with E-state index < -0.39 is 29.0 Å². The third-order valence-corrected chi connectivity index (χ3v) is 5.77. The maximum Gasteiger partial charge on any atom is 0.336 e. The van der Waals surface area contributed by atoms with Gasteiger partial charge >= 0.3 is 5.97 Å². The molecular weight excluding hydrogens is 472 g/mol. The van der Waals surface area contributed by atoms with E-state index in [1.54, 1.807) is 45.4 Å². The van der Waals surface area contributed by atoms with Crippen LogP contribution in [0, 0.1) is 18.6 Å². The molecular formula is C25H25F2N5O4. The van der Waals surface area contributed by atoms with Crippen molar-refractivity contribution in [2.24, 2.45) is 7.05 Å². The molecule has 3 heterocycles. The van der Waals surface area contributed by atoms with Gasteiger partial charge in [-0.3, -0.25) is 13.9 Å². The zero-order chi connectivity index (χ0) is 26.0. The van der Waals surface area contributed by atoms with E-state index in [0.717, 1.165) is 12.1 Å². The molecule has 0 saturated carbocycles. The molecule has 11 heteroatoms. The highest BCUT2D eigenvalue weighted by atomic mass is 19.1. The van der Waals surface area contributed by atoms with Crippen molar-refractivity contribution in [2.45, 2.75) is 32.9 Å². The van der Waals surface area contributed by atoms with Gasteiger partial charge in [-0.05, 0) is 45.0 Å². The van der Waals surface area contributed by atoms with Gasteiger partial charge in [-0.1, -0.05) is 6.07 Å². The van der Waals surface area contributed by atoms with Gasteiger partial charge in [-0.2, -0.15) is 5.10 Å². The Balaban J connectivity index is 1.67. The number of halogens is 2. The van der Waals surface area contributed by atoms with Gasteiger partial charge in [0, 0.05) is 25.0 Å². The summed E-state index contributed by atoms with van der Waals surface area (Å²) in [4.78, 5) is 30.8.